The van der Waals surface area contributed by atoms with E-state index >= 15 is 0 Å². The largest absolute Gasteiger partial charge is 0.454 e. The molecule has 0 fully saturated rings. The van der Waals surface area contributed by atoms with E-state index in [1.165, 1.54) is 17.1 Å². The van der Waals surface area contributed by atoms with Gasteiger partial charge in [0.2, 0.25) is 0 Å². The summed E-state index contributed by atoms with van der Waals surface area (Å²) in [6.07, 6.45) is 2.91. The number of anilines is 2. The fraction of sp³-hybridized carbons (Fsp3) is 0.154. The first kappa shape index (κ1) is 14.9. The number of nitrogens with two attached hydrogens (primary N) is 1. The van der Waals surface area contributed by atoms with Gasteiger partial charge in [-0.05, 0) is 12.1 Å². The Hall–Kier alpha value is -2.54. The highest BCUT2D eigenvalue weighted by Crippen LogP contribution is 2.20. The van der Waals surface area contributed by atoms with Gasteiger partial charge in [0.05, 0.1) is 22.6 Å². The summed E-state index contributed by atoms with van der Waals surface area (Å²) in [5.74, 6) is -1.07. The molecule has 1 aromatic carbocycles. The molecule has 21 heavy (non-hydrogen) atoms. The number of nitrogens with one attached hydrogen (secondary N) is 1. The quantitative estimate of drug-likeness (QED) is 0.811. The minimum atomic E-state index is -0.590. The third kappa shape index (κ3) is 4.50. The molecule has 0 atom stereocenters. The van der Waals surface area contributed by atoms with Crippen molar-refractivity contribution in [2.45, 2.75) is 6.54 Å². The lowest BCUT2D eigenvalue weighted by Gasteiger charge is -2.07. The Morgan fingerprint density at radius 1 is 1.38 bits per heavy atom. The predicted octanol–water partition coefficient (Wildman–Crippen LogP) is 1.30. The van der Waals surface area contributed by atoms with Gasteiger partial charge in [-0.1, -0.05) is 23.7 Å². The Labute approximate surface area is 125 Å². The Balaban J connectivity index is 1.78. The van der Waals surface area contributed by atoms with Gasteiger partial charge in [0, 0.05) is 6.20 Å². The molecule has 0 radical (unpaired) electrons. The van der Waals surface area contributed by atoms with Crippen molar-refractivity contribution in [2.75, 3.05) is 17.7 Å². The number of amides is 1. The molecule has 0 unspecified atom stereocenters. The third-order valence-electron chi connectivity index (χ3n) is 2.46. The van der Waals surface area contributed by atoms with Crippen LogP contribution in [0.1, 0.15) is 0 Å². The van der Waals surface area contributed by atoms with Gasteiger partial charge < -0.3 is 15.8 Å². The van der Waals surface area contributed by atoms with Crippen molar-refractivity contribution in [2.24, 2.45) is 0 Å². The molecule has 0 saturated carbocycles. The molecule has 1 aromatic heterocycles. The number of aromatic nitrogens is 2. The van der Waals surface area contributed by atoms with Crippen LogP contribution in [0.3, 0.4) is 0 Å². The van der Waals surface area contributed by atoms with Crippen molar-refractivity contribution in [1.82, 2.24) is 9.78 Å². The number of rotatable bonds is 5. The molecule has 0 spiro atoms. The number of ether oxygens (including phenoxy) is 1. The second-order valence-corrected chi connectivity index (χ2v) is 4.57. The molecule has 3 N–H and O–H groups in total. The molecule has 1 amide bonds. The highest BCUT2D eigenvalue weighted by molar-refractivity contribution is 6.33. The van der Waals surface area contributed by atoms with E-state index in [4.69, 9.17) is 22.1 Å². The van der Waals surface area contributed by atoms with Crippen LogP contribution in [0.15, 0.2) is 36.7 Å². The Kier molecular flexibility index (Phi) is 4.78. The Morgan fingerprint density at radius 3 is 2.81 bits per heavy atom. The van der Waals surface area contributed by atoms with Gasteiger partial charge in [0.1, 0.15) is 6.54 Å². The monoisotopic (exact) mass is 308 g/mol. The number of carbonyl (C=O) groups is 2. The summed E-state index contributed by atoms with van der Waals surface area (Å²) >= 11 is 5.89. The zero-order valence-corrected chi connectivity index (χ0v) is 11.7. The minimum Gasteiger partial charge on any atom is -0.454 e. The zero-order valence-electron chi connectivity index (χ0n) is 11.0. The number of nitrogen functional groups attached to an aromatic ring is 1. The molecule has 0 saturated heterocycles. The average Bonchev–Trinajstić information content (AvgIpc) is 2.84. The molecule has 2 aromatic rings. The van der Waals surface area contributed by atoms with Crippen LogP contribution in [0.2, 0.25) is 5.02 Å². The van der Waals surface area contributed by atoms with Crippen LogP contribution in [0.25, 0.3) is 0 Å². The van der Waals surface area contributed by atoms with E-state index < -0.39 is 18.5 Å². The lowest BCUT2D eigenvalue weighted by Crippen LogP contribution is -2.23. The number of para-hydroxylation sites is 1. The summed E-state index contributed by atoms with van der Waals surface area (Å²) in [4.78, 5) is 23.2. The molecule has 0 aliphatic carbocycles. The molecule has 0 aliphatic rings. The maximum Gasteiger partial charge on any atom is 0.328 e. The van der Waals surface area contributed by atoms with Crippen molar-refractivity contribution in [3.05, 3.63) is 41.7 Å². The predicted molar refractivity (Wildman–Crippen MR) is 77.7 cm³/mol. The molecule has 7 nitrogen and oxygen atoms in total. The molecular weight excluding hydrogens is 296 g/mol. The van der Waals surface area contributed by atoms with Gasteiger partial charge in [0.15, 0.2) is 6.61 Å². The van der Waals surface area contributed by atoms with Crippen molar-refractivity contribution in [1.29, 1.82) is 0 Å². The van der Waals surface area contributed by atoms with Crippen LogP contribution < -0.4 is 11.1 Å². The molecule has 2 rings (SSSR count). The molecule has 8 heteroatoms. The van der Waals surface area contributed by atoms with E-state index in [-0.39, 0.29) is 6.54 Å². The number of halogens is 1. The Morgan fingerprint density at radius 2 is 2.14 bits per heavy atom. The number of carbonyl (C=O) groups excluding carboxylic acids is 2. The third-order valence-corrected chi connectivity index (χ3v) is 2.79. The lowest BCUT2D eigenvalue weighted by molar-refractivity contribution is -0.148. The molecule has 1 heterocycles. The van der Waals surface area contributed by atoms with Crippen molar-refractivity contribution in [3.8, 4) is 0 Å². The standard InChI is InChI=1S/C13H13ClN4O3/c14-10-3-1-2-4-11(10)17-12(19)8-21-13(20)7-18-6-9(15)5-16-18/h1-6H,7-8,15H2,(H,17,19). The summed E-state index contributed by atoms with van der Waals surface area (Å²) in [7, 11) is 0. The van der Waals surface area contributed by atoms with Crippen molar-refractivity contribution < 1.29 is 14.3 Å². The number of esters is 1. The average molecular weight is 309 g/mol. The fourth-order valence-electron chi connectivity index (χ4n) is 1.54. The van der Waals surface area contributed by atoms with Gasteiger partial charge in [-0.3, -0.25) is 14.3 Å². The number of nitrogens with zero attached hydrogens (tertiary/aromatic N) is 2. The van der Waals surface area contributed by atoms with Crippen LogP contribution >= 0.6 is 11.6 Å². The van der Waals surface area contributed by atoms with Crippen LogP contribution in [0.4, 0.5) is 11.4 Å². The normalized spacial score (nSPS) is 10.1. The first-order valence-electron chi connectivity index (χ1n) is 6.02. The fourth-order valence-corrected chi connectivity index (χ4v) is 1.72. The molecule has 0 aliphatic heterocycles. The highest BCUT2D eigenvalue weighted by atomic mass is 35.5. The molecule has 0 bridgehead atoms. The topological polar surface area (TPSA) is 99.2 Å². The van der Waals surface area contributed by atoms with Gasteiger partial charge in [-0.2, -0.15) is 5.10 Å². The van der Waals surface area contributed by atoms with Crippen molar-refractivity contribution >= 4 is 34.9 Å². The summed E-state index contributed by atoms with van der Waals surface area (Å²) in [5.41, 5.74) is 6.37. The summed E-state index contributed by atoms with van der Waals surface area (Å²) in [6, 6.07) is 6.77. The summed E-state index contributed by atoms with van der Waals surface area (Å²) in [5, 5.41) is 6.78. The van der Waals surface area contributed by atoms with Gasteiger partial charge in [0.25, 0.3) is 5.91 Å². The van der Waals surface area contributed by atoms with Gasteiger partial charge >= 0.3 is 5.97 Å². The van der Waals surface area contributed by atoms with Crippen molar-refractivity contribution in [3.63, 3.8) is 0 Å². The van der Waals surface area contributed by atoms with E-state index in [9.17, 15) is 9.59 Å². The lowest BCUT2D eigenvalue weighted by atomic mass is 10.3. The van der Waals surface area contributed by atoms with Crippen LogP contribution in [0.5, 0.6) is 0 Å². The van der Waals surface area contributed by atoms with Crippen LogP contribution in [-0.2, 0) is 20.9 Å². The smallest absolute Gasteiger partial charge is 0.328 e. The summed E-state index contributed by atoms with van der Waals surface area (Å²) < 4.78 is 6.16. The molecular formula is C13H13ClN4O3. The van der Waals surface area contributed by atoms with E-state index in [1.807, 2.05) is 0 Å². The SMILES string of the molecule is Nc1cnn(CC(=O)OCC(=O)Nc2ccccc2Cl)c1. The van der Waals surface area contributed by atoms with E-state index in [0.717, 1.165) is 0 Å². The zero-order chi connectivity index (χ0) is 15.2. The second-order valence-electron chi connectivity index (χ2n) is 4.16. The number of hydrogen-bond acceptors (Lipinski definition) is 5. The van der Waals surface area contributed by atoms with Crippen LogP contribution in [0, 0.1) is 0 Å². The second kappa shape index (κ2) is 6.76. The van der Waals surface area contributed by atoms with Gasteiger partial charge in [-0.15, -0.1) is 0 Å². The first-order chi connectivity index (χ1) is 10.0. The molecule has 110 valence electrons. The van der Waals surface area contributed by atoms with E-state index in [0.29, 0.717) is 16.4 Å². The van der Waals surface area contributed by atoms with E-state index in [1.54, 1.807) is 24.3 Å². The summed E-state index contributed by atoms with van der Waals surface area (Å²) in [6.45, 7) is -0.516. The van der Waals surface area contributed by atoms with E-state index in [2.05, 4.69) is 10.4 Å². The van der Waals surface area contributed by atoms with Gasteiger partial charge in [-0.25, -0.2) is 0 Å². The first-order valence-corrected chi connectivity index (χ1v) is 6.40. The Bertz CT molecular complexity index is 656. The minimum absolute atomic E-state index is 0.115. The number of hydrogen-bond donors (Lipinski definition) is 2. The maximum atomic E-state index is 11.6. The van der Waals surface area contributed by atoms with Crippen LogP contribution in [-0.4, -0.2) is 28.3 Å². The maximum absolute atomic E-state index is 11.6. The number of benzene rings is 1. The highest BCUT2D eigenvalue weighted by Gasteiger charge is 2.10.